The third-order valence-electron chi connectivity index (χ3n) is 4.07. The van der Waals surface area contributed by atoms with E-state index in [0.29, 0.717) is 5.92 Å². The average Bonchev–Trinajstić information content (AvgIpc) is 3.12. The van der Waals surface area contributed by atoms with Crippen LogP contribution in [0.2, 0.25) is 0 Å². The van der Waals surface area contributed by atoms with Crippen LogP contribution in [0.5, 0.6) is 0 Å². The topological polar surface area (TPSA) is 28.7 Å². The van der Waals surface area contributed by atoms with E-state index in [0.717, 1.165) is 23.8 Å². The zero-order valence-electron chi connectivity index (χ0n) is 12.5. The summed E-state index contributed by atoms with van der Waals surface area (Å²) >= 11 is 1.83. The Morgan fingerprint density at radius 1 is 1.33 bits per heavy atom. The third-order valence-corrected chi connectivity index (χ3v) is 5.49. The Hall–Kier alpha value is -1.68. The van der Waals surface area contributed by atoms with Gasteiger partial charge in [-0.05, 0) is 24.5 Å². The van der Waals surface area contributed by atoms with Crippen molar-refractivity contribution >= 4 is 33.6 Å². The van der Waals surface area contributed by atoms with Crippen LogP contribution in [0.15, 0.2) is 38.8 Å². The lowest BCUT2D eigenvalue weighted by atomic mass is 10.0. The van der Waals surface area contributed by atoms with E-state index in [-0.39, 0.29) is 0 Å². The lowest BCUT2D eigenvalue weighted by molar-refractivity contribution is 0.611. The van der Waals surface area contributed by atoms with Crippen molar-refractivity contribution in [2.75, 3.05) is 13.1 Å². The van der Waals surface area contributed by atoms with Gasteiger partial charge >= 0.3 is 0 Å². The van der Waals surface area contributed by atoms with Gasteiger partial charge in [0, 0.05) is 22.4 Å². The molecule has 0 unspecified atom stereocenters. The summed E-state index contributed by atoms with van der Waals surface area (Å²) in [5, 5.41) is 2.36. The molecular weight excluding hydrogens is 280 g/mol. The van der Waals surface area contributed by atoms with Crippen molar-refractivity contribution in [3.8, 4) is 0 Å². The Balaban J connectivity index is 1.88. The number of nitrogens with zero attached hydrogens (tertiary/aromatic N) is 2. The minimum absolute atomic E-state index is 0.507. The van der Waals surface area contributed by atoms with Gasteiger partial charge in [0.05, 0.1) is 18.5 Å². The number of hydrogen-bond acceptors (Lipinski definition) is 4. The second-order valence-corrected chi connectivity index (χ2v) is 6.92. The number of benzene rings is 1. The number of fused-ring (bicyclic) bond motifs is 2. The van der Waals surface area contributed by atoms with E-state index < -0.39 is 0 Å². The van der Waals surface area contributed by atoms with Crippen LogP contribution in [-0.2, 0) is 0 Å². The average molecular weight is 298 g/mol. The fourth-order valence-electron chi connectivity index (χ4n) is 3.00. The van der Waals surface area contributed by atoms with E-state index in [9.17, 15) is 0 Å². The molecule has 1 aromatic heterocycles. The van der Waals surface area contributed by atoms with Gasteiger partial charge in [0.1, 0.15) is 5.58 Å². The van der Waals surface area contributed by atoms with E-state index in [2.05, 4.69) is 48.9 Å². The summed E-state index contributed by atoms with van der Waals surface area (Å²) < 4.78 is 5.68. The molecule has 3 nitrogen and oxygen atoms in total. The van der Waals surface area contributed by atoms with Crippen molar-refractivity contribution in [3.63, 3.8) is 0 Å². The maximum Gasteiger partial charge on any atom is 0.168 e. The molecule has 0 atom stereocenters. The Morgan fingerprint density at radius 2 is 2.19 bits per heavy atom. The summed E-state index contributed by atoms with van der Waals surface area (Å²) in [4.78, 5) is 8.38. The number of aliphatic imine (C=N–C) groups is 1. The zero-order chi connectivity index (χ0) is 14.6. The first-order valence-electron chi connectivity index (χ1n) is 7.37. The fraction of sp³-hybridized carbons (Fsp3) is 0.353. The lowest BCUT2D eigenvalue weighted by Gasteiger charge is -2.18. The van der Waals surface area contributed by atoms with Gasteiger partial charge in [0.2, 0.25) is 0 Å². The molecule has 4 rings (SSSR count). The van der Waals surface area contributed by atoms with E-state index in [4.69, 9.17) is 4.42 Å². The molecular formula is C17H18N2OS. The first kappa shape index (κ1) is 13.0. The highest BCUT2D eigenvalue weighted by Gasteiger charge is 2.34. The monoisotopic (exact) mass is 298 g/mol. The van der Waals surface area contributed by atoms with Crippen molar-refractivity contribution in [2.24, 2.45) is 10.9 Å². The molecule has 0 amide bonds. The van der Waals surface area contributed by atoms with E-state index in [1.165, 1.54) is 27.1 Å². The van der Waals surface area contributed by atoms with Crippen LogP contribution in [0.25, 0.3) is 16.7 Å². The molecule has 0 saturated carbocycles. The summed E-state index contributed by atoms with van der Waals surface area (Å²) in [6, 6.07) is 6.55. The summed E-state index contributed by atoms with van der Waals surface area (Å²) in [5.41, 5.74) is 4.72. The molecule has 0 N–H and O–H groups in total. The maximum atomic E-state index is 5.68. The van der Waals surface area contributed by atoms with E-state index in [1.54, 1.807) is 0 Å². The quantitative estimate of drug-likeness (QED) is 0.818. The molecule has 4 heteroatoms. The number of thioether (sulfide) groups is 1. The normalized spacial score (nSPS) is 18.1. The number of hydrogen-bond donors (Lipinski definition) is 0. The van der Waals surface area contributed by atoms with Crippen molar-refractivity contribution < 1.29 is 4.42 Å². The minimum Gasteiger partial charge on any atom is -0.464 e. The van der Waals surface area contributed by atoms with Crippen LogP contribution in [0.1, 0.15) is 25.0 Å². The van der Waals surface area contributed by atoms with Crippen LogP contribution in [0, 0.1) is 12.8 Å². The molecule has 2 aliphatic rings. The molecule has 1 aromatic carbocycles. The van der Waals surface area contributed by atoms with Gasteiger partial charge in [-0.1, -0.05) is 37.7 Å². The Bertz CT molecular complexity index is 785. The molecule has 21 heavy (non-hydrogen) atoms. The molecule has 0 bridgehead atoms. The van der Waals surface area contributed by atoms with E-state index >= 15 is 0 Å². The number of aryl methyl sites for hydroxylation is 1. The first-order chi connectivity index (χ1) is 10.1. The molecule has 0 aliphatic carbocycles. The molecule has 0 fully saturated rings. The summed E-state index contributed by atoms with van der Waals surface area (Å²) in [5.74, 6) is 0.507. The smallest absolute Gasteiger partial charge is 0.168 e. The van der Waals surface area contributed by atoms with Crippen molar-refractivity contribution in [1.29, 1.82) is 0 Å². The SMILES string of the molecule is Cc1coc2cc(C3=C(C(C)C)SC4=NCCN43)ccc12. The third kappa shape index (κ3) is 1.93. The highest BCUT2D eigenvalue weighted by atomic mass is 32.2. The Kier molecular flexibility index (Phi) is 2.89. The lowest BCUT2D eigenvalue weighted by Crippen LogP contribution is -2.20. The predicted octanol–water partition coefficient (Wildman–Crippen LogP) is 4.48. The van der Waals surface area contributed by atoms with Crippen LogP contribution in [0.4, 0.5) is 0 Å². The summed E-state index contributed by atoms with van der Waals surface area (Å²) in [6.07, 6.45) is 1.83. The zero-order valence-corrected chi connectivity index (χ0v) is 13.3. The molecule has 0 radical (unpaired) electrons. The predicted molar refractivity (Wildman–Crippen MR) is 89.3 cm³/mol. The molecule has 2 aliphatic heterocycles. The summed E-state index contributed by atoms with van der Waals surface area (Å²) in [7, 11) is 0. The molecule has 108 valence electrons. The van der Waals surface area contributed by atoms with Gasteiger partial charge in [0.25, 0.3) is 0 Å². The minimum atomic E-state index is 0.507. The Morgan fingerprint density at radius 3 is 3.00 bits per heavy atom. The fourth-order valence-corrected chi connectivity index (χ4v) is 4.20. The van der Waals surface area contributed by atoms with Gasteiger partial charge in [-0.25, -0.2) is 0 Å². The highest BCUT2D eigenvalue weighted by molar-refractivity contribution is 8.17. The summed E-state index contributed by atoms with van der Waals surface area (Å²) in [6.45, 7) is 8.48. The maximum absolute atomic E-state index is 5.68. The number of allylic oxidation sites excluding steroid dienone is 1. The van der Waals surface area contributed by atoms with Gasteiger partial charge in [-0.3, -0.25) is 4.99 Å². The van der Waals surface area contributed by atoms with Crippen LogP contribution >= 0.6 is 11.8 Å². The molecule has 3 heterocycles. The van der Waals surface area contributed by atoms with Gasteiger partial charge in [-0.15, -0.1) is 0 Å². The molecule has 0 saturated heterocycles. The molecule has 2 aromatic rings. The largest absolute Gasteiger partial charge is 0.464 e. The Labute approximate surface area is 128 Å². The van der Waals surface area contributed by atoms with Gasteiger partial charge in [0.15, 0.2) is 5.17 Å². The standard InChI is InChI=1S/C17H18N2OS/c1-10(2)16-15(19-7-6-18-17(19)21-16)12-4-5-13-11(3)9-20-14(13)8-12/h4-5,8-10H,6-7H2,1-3H3. The van der Waals surface area contributed by atoms with Crippen molar-refractivity contribution in [3.05, 3.63) is 40.5 Å². The van der Waals surface area contributed by atoms with Crippen LogP contribution in [0.3, 0.4) is 0 Å². The van der Waals surface area contributed by atoms with Crippen molar-refractivity contribution in [1.82, 2.24) is 4.90 Å². The number of furan rings is 1. The van der Waals surface area contributed by atoms with E-state index in [1.807, 2.05) is 18.0 Å². The van der Waals surface area contributed by atoms with Crippen molar-refractivity contribution in [2.45, 2.75) is 20.8 Å². The number of rotatable bonds is 2. The second-order valence-electron chi connectivity index (χ2n) is 5.92. The van der Waals surface area contributed by atoms with Crippen LogP contribution < -0.4 is 0 Å². The molecule has 0 spiro atoms. The second kappa shape index (κ2) is 4.67. The van der Waals surface area contributed by atoms with Gasteiger partial charge < -0.3 is 9.32 Å². The van der Waals surface area contributed by atoms with Crippen LogP contribution in [-0.4, -0.2) is 23.2 Å². The highest BCUT2D eigenvalue weighted by Crippen LogP contribution is 2.45. The number of amidine groups is 1. The van der Waals surface area contributed by atoms with Gasteiger partial charge in [-0.2, -0.15) is 0 Å². The first-order valence-corrected chi connectivity index (χ1v) is 8.19.